The molecule has 3 N–H and O–H groups in total. The standard InChI is InChI=1S/C14H23NO2/c1-10-7-13(14(17)8-11(10)2)9-15-12(3)5-4-6-16/h7-8,12,15-17H,4-6,9H2,1-3H3. The average Bonchev–Trinajstić information content (AvgIpc) is 2.29. The first-order valence-electron chi connectivity index (χ1n) is 6.18. The minimum atomic E-state index is 0.237. The van der Waals surface area contributed by atoms with Crippen molar-refractivity contribution < 1.29 is 10.2 Å². The number of aromatic hydroxyl groups is 1. The summed E-state index contributed by atoms with van der Waals surface area (Å²) in [4.78, 5) is 0. The van der Waals surface area contributed by atoms with Gasteiger partial charge in [0.25, 0.3) is 0 Å². The first-order valence-corrected chi connectivity index (χ1v) is 6.18. The molecule has 0 aromatic heterocycles. The summed E-state index contributed by atoms with van der Waals surface area (Å²) in [6.45, 7) is 7.04. The van der Waals surface area contributed by atoms with E-state index in [-0.39, 0.29) is 6.61 Å². The van der Waals surface area contributed by atoms with Gasteiger partial charge in [-0.25, -0.2) is 0 Å². The zero-order valence-corrected chi connectivity index (χ0v) is 11.0. The van der Waals surface area contributed by atoms with Gasteiger partial charge in [-0.15, -0.1) is 0 Å². The molecule has 0 fully saturated rings. The molecule has 3 nitrogen and oxygen atoms in total. The van der Waals surface area contributed by atoms with Gasteiger partial charge in [-0.1, -0.05) is 6.07 Å². The minimum Gasteiger partial charge on any atom is -0.508 e. The predicted octanol–water partition coefficient (Wildman–Crippen LogP) is 2.26. The maximum absolute atomic E-state index is 9.82. The molecule has 0 aliphatic rings. The fraction of sp³-hybridized carbons (Fsp3) is 0.571. The molecule has 0 spiro atoms. The van der Waals surface area contributed by atoms with E-state index in [0.717, 1.165) is 24.0 Å². The SMILES string of the molecule is Cc1cc(O)c(CNC(C)CCCO)cc1C. The molecule has 0 aliphatic heterocycles. The fourth-order valence-corrected chi connectivity index (χ4v) is 1.79. The Hall–Kier alpha value is -1.06. The van der Waals surface area contributed by atoms with Gasteiger partial charge in [0.2, 0.25) is 0 Å². The molecule has 1 unspecified atom stereocenters. The number of hydrogen-bond acceptors (Lipinski definition) is 3. The van der Waals surface area contributed by atoms with Gasteiger partial charge in [0, 0.05) is 24.8 Å². The highest BCUT2D eigenvalue weighted by atomic mass is 16.3. The third-order valence-electron chi connectivity index (χ3n) is 3.13. The Labute approximate surface area is 103 Å². The quantitative estimate of drug-likeness (QED) is 0.711. The van der Waals surface area contributed by atoms with E-state index in [0.29, 0.717) is 18.3 Å². The lowest BCUT2D eigenvalue weighted by atomic mass is 10.0. The Kier molecular flexibility index (Phi) is 5.45. The summed E-state index contributed by atoms with van der Waals surface area (Å²) >= 11 is 0. The molecule has 1 rings (SSSR count). The van der Waals surface area contributed by atoms with Crippen LogP contribution < -0.4 is 5.32 Å². The lowest BCUT2D eigenvalue weighted by Gasteiger charge is -2.15. The largest absolute Gasteiger partial charge is 0.508 e. The van der Waals surface area contributed by atoms with Crippen LogP contribution in [0.2, 0.25) is 0 Å². The summed E-state index contributed by atoms with van der Waals surface area (Å²) in [5, 5.41) is 21.9. The van der Waals surface area contributed by atoms with Crippen molar-refractivity contribution in [1.29, 1.82) is 0 Å². The molecule has 0 heterocycles. The second-order valence-electron chi connectivity index (χ2n) is 4.71. The Bertz CT molecular complexity index is 363. The number of phenolic OH excluding ortho intramolecular Hbond substituents is 1. The number of nitrogens with one attached hydrogen (secondary N) is 1. The van der Waals surface area contributed by atoms with Gasteiger partial charge in [-0.2, -0.15) is 0 Å². The first-order chi connectivity index (χ1) is 8.04. The number of phenols is 1. The van der Waals surface area contributed by atoms with Crippen molar-refractivity contribution in [2.75, 3.05) is 6.61 Å². The van der Waals surface area contributed by atoms with Gasteiger partial charge in [0.05, 0.1) is 0 Å². The Morgan fingerprint density at radius 2 is 1.88 bits per heavy atom. The summed E-state index contributed by atoms with van der Waals surface area (Å²) in [6.07, 6.45) is 1.76. The van der Waals surface area contributed by atoms with E-state index >= 15 is 0 Å². The molecule has 0 saturated heterocycles. The highest BCUT2D eigenvalue weighted by molar-refractivity contribution is 5.40. The van der Waals surface area contributed by atoms with Crippen LogP contribution in [0.4, 0.5) is 0 Å². The maximum atomic E-state index is 9.82. The summed E-state index contributed by atoms with van der Waals surface area (Å²) < 4.78 is 0. The minimum absolute atomic E-state index is 0.237. The van der Waals surface area contributed by atoms with E-state index in [9.17, 15) is 5.11 Å². The van der Waals surface area contributed by atoms with Gasteiger partial charge in [-0.05, 0) is 50.8 Å². The van der Waals surface area contributed by atoms with Crippen LogP contribution in [0.3, 0.4) is 0 Å². The zero-order chi connectivity index (χ0) is 12.8. The Balaban J connectivity index is 2.54. The third-order valence-corrected chi connectivity index (χ3v) is 3.13. The monoisotopic (exact) mass is 237 g/mol. The smallest absolute Gasteiger partial charge is 0.120 e. The number of aliphatic hydroxyl groups is 1. The van der Waals surface area contributed by atoms with Gasteiger partial charge in [0.1, 0.15) is 5.75 Å². The van der Waals surface area contributed by atoms with Crippen molar-refractivity contribution in [1.82, 2.24) is 5.32 Å². The molecule has 0 amide bonds. The van der Waals surface area contributed by atoms with Crippen molar-refractivity contribution in [2.24, 2.45) is 0 Å². The topological polar surface area (TPSA) is 52.5 Å². The molecule has 0 saturated carbocycles. The molecule has 17 heavy (non-hydrogen) atoms. The summed E-state index contributed by atoms with van der Waals surface area (Å²) in [5.41, 5.74) is 3.24. The van der Waals surface area contributed by atoms with E-state index in [2.05, 4.69) is 12.2 Å². The molecule has 0 radical (unpaired) electrons. The molecular formula is C14H23NO2. The van der Waals surface area contributed by atoms with E-state index in [1.807, 2.05) is 26.0 Å². The van der Waals surface area contributed by atoms with Crippen LogP contribution in [-0.4, -0.2) is 22.9 Å². The Morgan fingerprint density at radius 1 is 1.24 bits per heavy atom. The number of hydrogen-bond donors (Lipinski definition) is 3. The van der Waals surface area contributed by atoms with Crippen molar-refractivity contribution >= 4 is 0 Å². The molecular weight excluding hydrogens is 214 g/mol. The van der Waals surface area contributed by atoms with Crippen LogP contribution in [0.1, 0.15) is 36.5 Å². The number of rotatable bonds is 6. The van der Waals surface area contributed by atoms with Crippen molar-refractivity contribution in [3.05, 3.63) is 28.8 Å². The van der Waals surface area contributed by atoms with Gasteiger partial charge < -0.3 is 15.5 Å². The average molecular weight is 237 g/mol. The first kappa shape index (κ1) is 14.0. The highest BCUT2D eigenvalue weighted by Gasteiger charge is 2.06. The van der Waals surface area contributed by atoms with Gasteiger partial charge in [0.15, 0.2) is 0 Å². The molecule has 1 aromatic rings. The van der Waals surface area contributed by atoms with Crippen LogP contribution in [-0.2, 0) is 6.54 Å². The molecule has 0 bridgehead atoms. The van der Waals surface area contributed by atoms with Crippen molar-refractivity contribution in [2.45, 2.75) is 46.2 Å². The molecule has 1 atom stereocenters. The van der Waals surface area contributed by atoms with E-state index in [4.69, 9.17) is 5.11 Å². The van der Waals surface area contributed by atoms with Crippen LogP contribution in [0.15, 0.2) is 12.1 Å². The maximum Gasteiger partial charge on any atom is 0.120 e. The lowest BCUT2D eigenvalue weighted by molar-refractivity contribution is 0.276. The lowest BCUT2D eigenvalue weighted by Crippen LogP contribution is -2.25. The predicted molar refractivity (Wildman–Crippen MR) is 70.2 cm³/mol. The molecule has 3 heteroatoms. The second-order valence-corrected chi connectivity index (χ2v) is 4.71. The summed E-state index contributed by atoms with van der Waals surface area (Å²) in [5.74, 6) is 0.356. The zero-order valence-electron chi connectivity index (χ0n) is 11.0. The van der Waals surface area contributed by atoms with Crippen LogP contribution >= 0.6 is 0 Å². The number of aliphatic hydroxyl groups excluding tert-OH is 1. The molecule has 0 aliphatic carbocycles. The highest BCUT2D eigenvalue weighted by Crippen LogP contribution is 2.21. The molecule has 96 valence electrons. The van der Waals surface area contributed by atoms with Crippen LogP contribution in [0.25, 0.3) is 0 Å². The van der Waals surface area contributed by atoms with E-state index in [1.165, 1.54) is 5.56 Å². The number of benzene rings is 1. The van der Waals surface area contributed by atoms with Crippen LogP contribution in [0, 0.1) is 13.8 Å². The van der Waals surface area contributed by atoms with E-state index < -0.39 is 0 Å². The normalized spacial score (nSPS) is 12.7. The van der Waals surface area contributed by atoms with E-state index in [1.54, 1.807) is 0 Å². The van der Waals surface area contributed by atoms with Crippen molar-refractivity contribution in [3.8, 4) is 5.75 Å². The molecule has 1 aromatic carbocycles. The second kappa shape index (κ2) is 6.62. The fourth-order valence-electron chi connectivity index (χ4n) is 1.79. The third kappa shape index (κ3) is 4.36. The van der Waals surface area contributed by atoms with Crippen LogP contribution in [0.5, 0.6) is 5.75 Å². The van der Waals surface area contributed by atoms with Gasteiger partial charge in [-0.3, -0.25) is 0 Å². The summed E-state index contributed by atoms with van der Waals surface area (Å²) in [7, 11) is 0. The van der Waals surface area contributed by atoms with Gasteiger partial charge >= 0.3 is 0 Å². The summed E-state index contributed by atoms with van der Waals surface area (Å²) in [6, 6.07) is 4.18. The number of aryl methyl sites for hydroxylation is 2. The Morgan fingerprint density at radius 3 is 2.53 bits per heavy atom. The van der Waals surface area contributed by atoms with Crippen molar-refractivity contribution in [3.63, 3.8) is 0 Å².